The van der Waals surface area contributed by atoms with Crippen molar-refractivity contribution in [3.05, 3.63) is 68.7 Å². The molecule has 2 aromatic carbocycles. The highest BCUT2D eigenvalue weighted by atomic mass is 79.9. The molecular formula is C22H17BrFN5O3. The number of nitro benzene ring substituents is 1. The van der Waals surface area contributed by atoms with Gasteiger partial charge in [0.2, 0.25) is 11.8 Å². The summed E-state index contributed by atoms with van der Waals surface area (Å²) in [7, 11) is 1.35. The average molecular weight is 498 g/mol. The summed E-state index contributed by atoms with van der Waals surface area (Å²) in [5.74, 6) is -0.674. The molecule has 0 amide bonds. The third-order valence-corrected chi connectivity index (χ3v) is 6.12. The lowest BCUT2D eigenvalue weighted by Gasteiger charge is -2.14. The molecule has 0 bridgehead atoms. The minimum absolute atomic E-state index is 0.105. The van der Waals surface area contributed by atoms with Gasteiger partial charge in [-0.15, -0.1) is 0 Å². The summed E-state index contributed by atoms with van der Waals surface area (Å²) < 4.78 is 22.1. The van der Waals surface area contributed by atoms with E-state index in [0.29, 0.717) is 10.2 Å². The zero-order valence-electron chi connectivity index (χ0n) is 16.9. The Labute approximate surface area is 190 Å². The van der Waals surface area contributed by atoms with E-state index < -0.39 is 16.4 Å². The first-order valence-corrected chi connectivity index (χ1v) is 10.7. The van der Waals surface area contributed by atoms with Gasteiger partial charge in [-0.3, -0.25) is 10.1 Å². The molecule has 162 valence electrons. The Hall–Kier alpha value is -3.53. The Morgan fingerprint density at radius 2 is 2.19 bits per heavy atom. The van der Waals surface area contributed by atoms with Crippen molar-refractivity contribution in [1.29, 1.82) is 0 Å². The lowest BCUT2D eigenvalue weighted by Crippen LogP contribution is -2.05. The topological polar surface area (TPSA) is 95.1 Å². The number of nitrogens with one attached hydrogen (secondary N) is 1. The molecule has 0 radical (unpaired) electrons. The number of para-hydroxylation sites is 1. The molecule has 0 atom stereocenters. The molecule has 0 fully saturated rings. The number of hydrogen-bond acceptors (Lipinski definition) is 6. The maximum Gasteiger partial charge on any atom is 0.307 e. The minimum Gasteiger partial charge on any atom is -0.494 e. The minimum atomic E-state index is -0.982. The molecule has 3 heterocycles. The number of rotatable bonds is 5. The monoisotopic (exact) mass is 497 g/mol. The second-order valence-electron chi connectivity index (χ2n) is 7.43. The fourth-order valence-electron chi connectivity index (χ4n) is 4.13. The molecule has 0 aliphatic carbocycles. The van der Waals surface area contributed by atoms with Crippen molar-refractivity contribution in [2.75, 3.05) is 12.4 Å². The number of nitro groups is 1. The number of halogens is 2. The maximum atomic E-state index is 14.0. The average Bonchev–Trinajstić information content (AvgIpc) is 3.16. The van der Waals surface area contributed by atoms with E-state index in [1.807, 2.05) is 6.07 Å². The van der Waals surface area contributed by atoms with Crippen molar-refractivity contribution in [2.45, 2.75) is 19.4 Å². The van der Waals surface area contributed by atoms with E-state index in [0.717, 1.165) is 42.5 Å². The van der Waals surface area contributed by atoms with Crippen LogP contribution in [0.1, 0.15) is 12.0 Å². The van der Waals surface area contributed by atoms with Crippen LogP contribution in [0.15, 0.2) is 47.2 Å². The highest BCUT2D eigenvalue weighted by molar-refractivity contribution is 9.10. The number of hydrogen-bond donors (Lipinski definition) is 1. The molecule has 0 unspecified atom stereocenters. The van der Waals surface area contributed by atoms with Gasteiger partial charge in [0.05, 0.1) is 33.4 Å². The number of methoxy groups -OCH3 is 1. The first-order chi connectivity index (χ1) is 15.5. The summed E-state index contributed by atoms with van der Waals surface area (Å²) in [6.45, 7) is 0.942. The van der Waals surface area contributed by atoms with E-state index in [2.05, 4.69) is 54.1 Å². The van der Waals surface area contributed by atoms with Crippen molar-refractivity contribution in [2.24, 2.45) is 0 Å². The molecule has 1 N–H and O–H groups in total. The summed E-state index contributed by atoms with van der Waals surface area (Å²) in [6.07, 6.45) is 5.83. The summed E-state index contributed by atoms with van der Waals surface area (Å²) >= 11 is 3.55. The third kappa shape index (κ3) is 3.36. The number of nitrogens with zero attached hydrogens (tertiary/aromatic N) is 4. The van der Waals surface area contributed by atoms with Gasteiger partial charge in [-0.2, -0.15) is 4.39 Å². The van der Waals surface area contributed by atoms with E-state index in [9.17, 15) is 14.5 Å². The number of ether oxygens (including phenoxy) is 1. The van der Waals surface area contributed by atoms with Crippen molar-refractivity contribution < 1.29 is 14.1 Å². The van der Waals surface area contributed by atoms with Crippen molar-refractivity contribution in [3.8, 4) is 17.0 Å². The molecule has 0 saturated heterocycles. The van der Waals surface area contributed by atoms with Crippen LogP contribution < -0.4 is 10.1 Å². The van der Waals surface area contributed by atoms with Gasteiger partial charge in [-0.05, 0) is 34.3 Å². The smallest absolute Gasteiger partial charge is 0.307 e. The van der Waals surface area contributed by atoms with E-state index >= 15 is 0 Å². The van der Waals surface area contributed by atoms with Crippen LogP contribution in [0.4, 0.5) is 21.7 Å². The van der Waals surface area contributed by atoms with Gasteiger partial charge in [0.15, 0.2) is 0 Å². The van der Waals surface area contributed by atoms with Gasteiger partial charge in [0.1, 0.15) is 5.75 Å². The molecule has 8 nitrogen and oxygen atoms in total. The Morgan fingerprint density at radius 1 is 1.34 bits per heavy atom. The van der Waals surface area contributed by atoms with Crippen LogP contribution >= 0.6 is 15.9 Å². The largest absolute Gasteiger partial charge is 0.494 e. The van der Waals surface area contributed by atoms with Crippen LogP contribution in [-0.2, 0) is 13.0 Å². The van der Waals surface area contributed by atoms with Crippen LogP contribution in [0, 0.1) is 15.9 Å². The third-order valence-electron chi connectivity index (χ3n) is 5.54. The molecule has 2 aromatic heterocycles. The zero-order chi connectivity index (χ0) is 22.4. The molecule has 32 heavy (non-hydrogen) atoms. The second kappa shape index (κ2) is 7.86. The Balaban J connectivity index is 1.60. The van der Waals surface area contributed by atoms with Crippen molar-refractivity contribution >= 4 is 44.2 Å². The molecular weight excluding hydrogens is 481 g/mol. The van der Waals surface area contributed by atoms with Crippen molar-refractivity contribution in [1.82, 2.24) is 14.5 Å². The Bertz CT molecular complexity index is 1390. The molecule has 0 spiro atoms. The molecule has 1 aliphatic rings. The molecule has 10 heteroatoms. The Kier molecular flexibility index (Phi) is 5.01. The molecule has 4 aromatic rings. The number of aromatic nitrogens is 3. The normalized spacial score (nSPS) is 12.7. The lowest BCUT2D eigenvalue weighted by atomic mass is 10.0. The summed E-state index contributed by atoms with van der Waals surface area (Å²) in [6, 6.07) is 8.31. The fraction of sp³-hybridized carbons (Fsp3) is 0.182. The predicted octanol–water partition coefficient (Wildman–Crippen LogP) is 5.61. The number of aryl methyl sites for hydroxylation is 2. The zero-order valence-corrected chi connectivity index (χ0v) is 18.5. The van der Waals surface area contributed by atoms with E-state index in [-0.39, 0.29) is 17.4 Å². The highest BCUT2D eigenvalue weighted by Gasteiger charge is 2.22. The Morgan fingerprint density at radius 3 is 2.97 bits per heavy atom. The summed E-state index contributed by atoms with van der Waals surface area (Å²) in [4.78, 5) is 19.3. The standard InChI is InChI=1S/C22H17BrFN5O3/c1-32-19-8-16(24)18(29(30)31)9-17(19)26-22-25-10-15(23)20(27-22)14-11-28-7-3-5-12-4-2-6-13(14)21(12)28/h2,4,6,8-11H,3,5,7H2,1H3,(H,25,26,27). The predicted molar refractivity (Wildman–Crippen MR) is 122 cm³/mol. The van der Waals surface area contributed by atoms with Gasteiger partial charge in [0, 0.05) is 42.0 Å². The second-order valence-corrected chi connectivity index (χ2v) is 8.28. The van der Waals surface area contributed by atoms with Crippen molar-refractivity contribution in [3.63, 3.8) is 0 Å². The van der Waals surface area contributed by atoms with Crippen LogP contribution in [0.25, 0.3) is 22.2 Å². The number of anilines is 2. The summed E-state index contributed by atoms with van der Waals surface area (Å²) in [5, 5.41) is 15.2. The maximum absolute atomic E-state index is 14.0. The fourth-order valence-corrected chi connectivity index (χ4v) is 4.54. The van der Waals surface area contributed by atoms with E-state index in [4.69, 9.17) is 4.74 Å². The summed E-state index contributed by atoms with van der Waals surface area (Å²) in [5.41, 5.74) is 3.69. The van der Waals surface area contributed by atoms with Gasteiger partial charge in [0.25, 0.3) is 0 Å². The van der Waals surface area contributed by atoms with Gasteiger partial charge in [-0.1, -0.05) is 18.2 Å². The quantitative estimate of drug-likeness (QED) is 0.284. The van der Waals surface area contributed by atoms with Crippen LogP contribution in [-0.4, -0.2) is 26.6 Å². The molecule has 5 rings (SSSR count). The molecule has 0 saturated carbocycles. The first-order valence-electron chi connectivity index (χ1n) is 9.89. The van der Waals surface area contributed by atoms with E-state index in [1.165, 1.54) is 18.2 Å². The molecule has 1 aliphatic heterocycles. The lowest BCUT2D eigenvalue weighted by molar-refractivity contribution is -0.387. The van der Waals surface area contributed by atoms with Crippen LogP contribution in [0.3, 0.4) is 0 Å². The van der Waals surface area contributed by atoms with Gasteiger partial charge < -0.3 is 14.6 Å². The van der Waals surface area contributed by atoms with E-state index in [1.54, 1.807) is 6.20 Å². The first kappa shape index (κ1) is 20.4. The van der Waals surface area contributed by atoms with Gasteiger partial charge >= 0.3 is 5.69 Å². The number of benzene rings is 2. The SMILES string of the molecule is COc1cc(F)c([N+](=O)[O-])cc1Nc1ncc(Br)c(-c2cn3c4c(cccc24)CCC3)n1. The van der Waals surface area contributed by atoms with Gasteiger partial charge in [-0.25, -0.2) is 9.97 Å². The highest BCUT2D eigenvalue weighted by Crippen LogP contribution is 2.38. The van der Waals surface area contributed by atoms with Crippen LogP contribution in [0.5, 0.6) is 5.75 Å². The van der Waals surface area contributed by atoms with Crippen LogP contribution in [0.2, 0.25) is 0 Å².